The third-order valence-electron chi connectivity index (χ3n) is 0.971. The summed E-state index contributed by atoms with van der Waals surface area (Å²) >= 11 is 0. The summed E-state index contributed by atoms with van der Waals surface area (Å²) in [7, 11) is 0. The predicted octanol–water partition coefficient (Wildman–Crippen LogP) is -0.902. The van der Waals surface area contributed by atoms with Crippen molar-refractivity contribution in [3.8, 4) is 0 Å². The van der Waals surface area contributed by atoms with E-state index in [2.05, 4.69) is 4.98 Å². The lowest BCUT2D eigenvalue weighted by Crippen LogP contribution is -2.34. The molecule has 54 valence electrons. The van der Waals surface area contributed by atoms with Crippen LogP contribution in [0.3, 0.4) is 0 Å². The molecular weight excluding hydrogens is 136 g/mol. The minimum absolute atomic E-state index is 0.0703. The second kappa shape index (κ2) is 2.36. The highest BCUT2D eigenvalue weighted by molar-refractivity contribution is 5.26. The smallest absolute Gasteiger partial charge is 0.268 e. The van der Waals surface area contributed by atoms with E-state index in [4.69, 9.17) is 10.9 Å². The standard InChI is InChI=1S/C4H6N4O2/c5-3-1-6-2-4(7-9)8(3)10/h1-2,7,9H,5H2. The number of anilines is 2. The van der Waals surface area contributed by atoms with Gasteiger partial charge in [-0.1, -0.05) is 0 Å². The number of nitrogens with zero attached hydrogens (tertiary/aromatic N) is 2. The van der Waals surface area contributed by atoms with Gasteiger partial charge in [0.15, 0.2) is 0 Å². The third kappa shape index (κ3) is 0.914. The van der Waals surface area contributed by atoms with Crippen molar-refractivity contribution in [3.05, 3.63) is 17.6 Å². The monoisotopic (exact) mass is 142 g/mol. The Morgan fingerprint density at radius 1 is 1.70 bits per heavy atom. The quantitative estimate of drug-likeness (QED) is 0.268. The van der Waals surface area contributed by atoms with Crippen molar-refractivity contribution in [1.82, 2.24) is 4.98 Å². The van der Waals surface area contributed by atoms with Gasteiger partial charge in [0, 0.05) is 0 Å². The average Bonchev–Trinajstić information content (AvgIpc) is 1.95. The van der Waals surface area contributed by atoms with Crippen molar-refractivity contribution < 1.29 is 9.94 Å². The fraction of sp³-hybridized carbons (Fsp3) is 0. The highest BCUT2D eigenvalue weighted by Crippen LogP contribution is 1.96. The van der Waals surface area contributed by atoms with Gasteiger partial charge in [0.25, 0.3) is 5.82 Å². The maximum Gasteiger partial charge on any atom is 0.268 e. The first-order valence-corrected chi connectivity index (χ1v) is 2.49. The van der Waals surface area contributed by atoms with Gasteiger partial charge in [-0.2, -0.15) is 5.48 Å². The molecule has 0 atom stereocenters. The van der Waals surface area contributed by atoms with E-state index in [1.54, 1.807) is 5.48 Å². The highest BCUT2D eigenvalue weighted by Gasteiger charge is 2.00. The Morgan fingerprint density at radius 3 is 2.90 bits per heavy atom. The van der Waals surface area contributed by atoms with Crippen molar-refractivity contribution in [2.45, 2.75) is 0 Å². The van der Waals surface area contributed by atoms with Gasteiger partial charge < -0.3 is 10.9 Å². The van der Waals surface area contributed by atoms with Crippen molar-refractivity contribution in [1.29, 1.82) is 0 Å². The summed E-state index contributed by atoms with van der Waals surface area (Å²) in [4.78, 5) is 3.55. The Bertz CT molecular complexity index is 239. The molecule has 0 amide bonds. The SMILES string of the molecule is Nc1cncc(NO)[n+]1[O-]. The van der Waals surface area contributed by atoms with Crippen LogP contribution in [-0.2, 0) is 0 Å². The number of hydrogen-bond donors (Lipinski definition) is 3. The van der Waals surface area contributed by atoms with E-state index in [-0.39, 0.29) is 11.6 Å². The van der Waals surface area contributed by atoms with Gasteiger partial charge in [-0.05, 0) is 0 Å². The van der Waals surface area contributed by atoms with Crippen molar-refractivity contribution >= 4 is 11.6 Å². The van der Waals surface area contributed by atoms with E-state index in [0.717, 1.165) is 6.20 Å². The largest absolute Gasteiger partial charge is 0.740 e. The van der Waals surface area contributed by atoms with E-state index in [1.165, 1.54) is 6.20 Å². The van der Waals surface area contributed by atoms with E-state index < -0.39 is 0 Å². The first-order chi connectivity index (χ1) is 4.75. The Hall–Kier alpha value is -1.56. The highest BCUT2D eigenvalue weighted by atomic mass is 16.5. The molecule has 1 rings (SSSR count). The second-order valence-corrected chi connectivity index (χ2v) is 1.62. The molecule has 6 nitrogen and oxygen atoms in total. The normalized spacial score (nSPS) is 9.30. The summed E-state index contributed by atoms with van der Waals surface area (Å²) in [5.74, 6) is -0.168. The van der Waals surface area contributed by atoms with E-state index in [1.807, 2.05) is 0 Å². The van der Waals surface area contributed by atoms with Crippen LogP contribution >= 0.6 is 0 Å². The topological polar surface area (TPSA) is 98.1 Å². The van der Waals surface area contributed by atoms with Gasteiger partial charge in [0.2, 0.25) is 5.82 Å². The van der Waals surface area contributed by atoms with E-state index in [9.17, 15) is 5.21 Å². The minimum atomic E-state index is -0.0972. The maximum absolute atomic E-state index is 10.7. The second-order valence-electron chi connectivity index (χ2n) is 1.62. The molecule has 0 radical (unpaired) electrons. The molecule has 0 aliphatic carbocycles. The van der Waals surface area contributed by atoms with Crippen LogP contribution in [0.25, 0.3) is 0 Å². The molecule has 0 saturated heterocycles. The van der Waals surface area contributed by atoms with Crippen LogP contribution in [0, 0.1) is 5.21 Å². The fourth-order valence-corrected chi connectivity index (χ4v) is 0.502. The zero-order valence-electron chi connectivity index (χ0n) is 4.98. The number of hydrogen-bond acceptors (Lipinski definition) is 5. The molecule has 0 aromatic carbocycles. The average molecular weight is 142 g/mol. The summed E-state index contributed by atoms with van der Waals surface area (Å²) in [6.45, 7) is 0. The third-order valence-corrected chi connectivity index (χ3v) is 0.971. The lowest BCUT2D eigenvalue weighted by Gasteiger charge is -2.08. The zero-order valence-corrected chi connectivity index (χ0v) is 4.98. The van der Waals surface area contributed by atoms with Crippen molar-refractivity contribution in [3.63, 3.8) is 0 Å². The molecule has 4 N–H and O–H groups in total. The molecule has 10 heavy (non-hydrogen) atoms. The number of nitrogens with two attached hydrogens (primary N) is 1. The molecule has 0 aliphatic heterocycles. The van der Waals surface area contributed by atoms with Gasteiger partial charge in [-0.25, -0.2) is 9.94 Å². The number of aromatic nitrogens is 2. The van der Waals surface area contributed by atoms with Gasteiger partial charge in [-0.3, -0.25) is 4.98 Å². The molecule has 0 spiro atoms. The van der Waals surface area contributed by atoms with Gasteiger partial charge >= 0.3 is 0 Å². The molecule has 1 aromatic heterocycles. The van der Waals surface area contributed by atoms with E-state index >= 15 is 0 Å². The van der Waals surface area contributed by atoms with E-state index in [0.29, 0.717) is 4.73 Å². The lowest BCUT2D eigenvalue weighted by atomic mass is 10.6. The van der Waals surface area contributed by atoms with Crippen LogP contribution in [0.4, 0.5) is 11.6 Å². The number of nitrogen functional groups attached to an aromatic ring is 1. The number of nitrogens with one attached hydrogen (secondary N) is 1. The molecule has 0 aliphatic rings. The summed E-state index contributed by atoms with van der Waals surface area (Å²) < 4.78 is 0.326. The summed E-state index contributed by atoms with van der Waals surface area (Å²) in [5.41, 5.74) is 6.78. The Kier molecular flexibility index (Phi) is 1.55. The maximum atomic E-state index is 10.7. The first kappa shape index (κ1) is 6.56. The van der Waals surface area contributed by atoms with Crippen molar-refractivity contribution in [2.75, 3.05) is 11.2 Å². The van der Waals surface area contributed by atoms with Crippen LogP contribution in [-0.4, -0.2) is 10.2 Å². The van der Waals surface area contributed by atoms with Gasteiger partial charge in [0.1, 0.15) is 6.20 Å². The molecule has 0 bridgehead atoms. The Morgan fingerprint density at radius 2 is 2.40 bits per heavy atom. The number of rotatable bonds is 1. The zero-order chi connectivity index (χ0) is 7.56. The summed E-state index contributed by atoms with van der Waals surface area (Å²) in [6, 6.07) is 0. The Labute approximate surface area is 56.5 Å². The molecule has 1 aromatic rings. The minimum Gasteiger partial charge on any atom is -0.740 e. The van der Waals surface area contributed by atoms with Crippen LogP contribution in [0.2, 0.25) is 0 Å². The molecule has 6 heteroatoms. The van der Waals surface area contributed by atoms with Gasteiger partial charge in [-0.15, -0.1) is 0 Å². The lowest BCUT2D eigenvalue weighted by molar-refractivity contribution is -0.576. The van der Waals surface area contributed by atoms with Crippen LogP contribution in [0.1, 0.15) is 0 Å². The molecule has 0 unspecified atom stereocenters. The molecule has 1 heterocycles. The van der Waals surface area contributed by atoms with Crippen molar-refractivity contribution in [2.24, 2.45) is 0 Å². The van der Waals surface area contributed by atoms with Crippen LogP contribution in [0.5, 0.6) is 0 Å². The Balaban J connectivity index is 3.14. The molecule has 0 fully saturated rings. The summed E-state index contributed by atoms with van der Waals surface area (Å²) in [6.07, 6.45) is 2.34. The predicted molar refractivity (Wildman–Crippen MR) is 33.0 cm³/mol. The van der Waals surface area contributed by atoms with Crippen LogP contribution < -0.4 is 15.9 Å². The summed E-state index contributed by atoms with van der Waals surface area (Å²) in [5, 5.41) is 19.0. The van der Waals surface area contributed by atoms with Crippen LogP contribution in [0.15, 0.2) is 12.4 Å². The first-order valence-electron chi connectivity index (χ1n) is 2.49. The molecular formula is C4H6N4O2. The fourth-order valence-electron chi connectivity index (χ4n) is 0.502. The van der Waals surface area contributed by atoms with Gasteiger partial charge in [0.05, 0.1) is 6.20 Å². The molecule has 0 saturated carbocycles.